The van der Waals surface area contributed by atoms with Gasteiger partial charge in [-0.25, -0.2) is 0 Å². The second kappa shape index (κ2) is 6.13. The summed E-state index contributed by atoms with van der Waals surface area (Å²) in [6, 6.07) is 16.5. The van der Waals surface area contributed by atoms with Gasteiger partial charge in [-0.2, -0.15) is 0 Å². The highest BCUT2D eigenvalue weighted by atomic mass is 16.5. The Balaban J connectivity index is 1.70. The summed E-state index contributed by atoms with van der Waals surface area (Å²) in [5, 5.41) is 3.77. The molecule has 0 bridgehead atoms. The van der Waals surface area contributed by atoms with Gasteiger partial charge in [0.25, 0.3) is 5.91 Å². The molecule has 0 spiro atoms. The zero-order chi connectivity index (χ0) is 15.4. The fourth-order valence-corrected chi connectivity index (χ4v) is 2.15. The van der Waals surface area contributed by atoms with Crippen molar-refractivity contribution in [2.24, 2.45) is 0 Å². The number of fused-ring (bicyclic) bond motifs is 1. The summed E-state index contributed by atoms with van der Waals surface area (Å²) in [5.41, 5.74) is 7.68. The van der Waals surface area contributed by atoms with E-state index in [1.54, 1.807) is 24.4 Å². The Kier molecular flexibility index (Phi) is 3.87. The molecule has 5 nitrogen and oxygen atoms in total. The molecule has 0 atom stereocenters. The molecule has 3 aromatic rings. The molecule has 0 saturated heterocycles. The molecule has 0 radical (unpaired) electrons. The van der Waals surface area contributed by atoms with Crippen LogP contribution in [0, 0.1) is 0 Å². The van der Waals surface area contributed by atoms with Crippen molar-refractivity contribution in [2.75, 3.05) is 17.7 Å². The van der Waals surface area contributed by atoms with Gasteiger partial charge in [-0.1, -0.05) is 30.3 Å². The molecule has 0 aliphatic heterocycles. The Bertz CT molecular complexity index is 812. The first-order valence-electron chi connectivity index (χ1n) is 6.85. The summed E-state index contributed by atoms with van der Waals surface area (Å²) in [6.45, 7) is -0.114. The van der Waals surface area contributed by atoms with Crippen LogP contribution in [0.2, 0.25) is 0 Å². The van der Waals surface area contributed by atoms with Crippen LogP contribution in [0.25, 0.3) is 10.9 Å². The normalized spacial score (nSPS) is 10.4. The lowest BCUT2D eigenvalue weighted by molar-refractivity contribution is -0.118. The number of aromatic nitrogens is 1. The highest BCUT2D eigenvalue weighted by molar-refractivity contribution is 6.00. The third-order valence-corrected chi connectivity index (χ3v) is 3.18. The number of anilines is 2. The van der Waals surface area contributed by atoms with Crippen LogP contribution in [0.5, 0.6) is 5.75 Å². The first kappa shape index (κ1) is 13.9. The van der Waals surface area contributed by atoms with Crippen molar-refractivity contribution >= 4 is 28.2 Å². The fraction of sp³-hybridized carbons (Fsp3) is 0.0588. The van der Waals surface area contributed by atoms with Crippen molar-refractivity contribution in [3.63, 3.8) is 0 Å². The molecule has 0 unspecified atom stereocenters. The van der Waals surface area contributed by atoms with Gasteiger partial charge < -0.3 is 15.8 Å². The Labute approximate surface area is 127 Å². The van der Waals surface area contributed by atoms with Crippen molar-refractivity contribution in [1.29, 1.82) is 0 Å². The van der Waals surface area contributed by atoms with E-state index >= 15 is 0 Å². The number of carbonyl (C=O) groups is 1. The van der Waals surface area contributed by atoms with Crippen LogP contribution in [-0.2, 0) is 4.79 Å². The summed E-state index contributed by atoms with van der Waals surface area (Å²) in [4.78, 5) is 16.3. The number of para-hydroxylation sites is 3. The number of carbonyl (C=O) groups excluding carboxylic acids is 1. The zero-order valence-corrected chi connectivity index (χ0v) is 11.8. The zero-order valence-electron chi connectivity index (χ0n) is 11.8. The number of amides is 1. The summed E-state index contributed by atoms with van der Waals surface area (Å²) in [6.07, 6.45) is 1.69. The highest BCUT2D eigenvalue weighted by Crippen LogP contribution is 2.21. The number of nitrogen functional groups attached to an aromatic ring is 1. The van der Waals surface area contributed by atoms with E-state index < -0.39 is 0 Å². The van der Waals surface area contributed by atoms with Gasteiger partial charge in [0.15, 0.2) is 6.61 Å². The van der Waals surface area contributed by atoms with Gasteiger partial charge in [0.05, 0.1) is 16.9 Å². The van der Waals surface area contributed by atoms with E-state index in [1.807, 2.05) is 36.4 Å². The van der Waals surface area contributed by atoms with Crippen LogP contribution >= 0.6 is 0 Å². The Hall–Kier alpha value is -3.08. The van der Waals surface area contributed by atoms with Crippen LogP contribution < -0.4 is 15.8 Å². The quantitative estimate of drug-likeness (QED) is 0.725. The number of nitrogens with two attached hydrogens (primary N) is 1. The predicted molar refractivity (Wildman–Crippen MR) is 86.7 cm³/mol. The summed E-state index contributed by atoms with van der Waals surface area (Å²) < 4.78 is 5.43. The molecule has 3 N–H and O–H groups in total. The fourth-order valence-electron chi connectivity index (χ4n) is 2.15. The standard InChI is InChI=1S/C17H15N3O2/c18-13-7-1-2-9-15(13)22-11-16(21)20-14-8-3-5-12-6-4-10-19-17(12)14/h1-10H,11,18H2,(H,20,21). The molecule has 22 heavy (non-hydrogen) atoms. The summed E-state index contributed by atoms with van der Waals surface area (Å²) in [5.74, 6) is 0.232. The van der Waals surface area contributed by atoms with Crippen LogP contribution in [0.3, 0.4) is 0 Å². The third-order valence-electron chi connectivity index (χ3n) is 3.18. The lowest BCUT2D eigenvalue weighted by Crippen LogP contribution is -2.20. The Morgan fingerprint density at radius 1 is 1.09 bits per heavy atom. The monoisotopic (exact) mass is 293 g/mol. The van der Waals surface area contributed by atoms with Gasteiger partial charge in [-0.05, 0) is 24.3 Å². The van der Waals surface area contributed by atoms with Crippen LogP contribution in [0.15, 0.2) is 60.8 Å². The maximum Gasteiger partial charge on any atom is 0.262 e. The van der Waals surface area contributed by atoms with Crippen molar-refractivity contribution in [3.8, 4) is 5.75 Å². The maximum atomic E-state index is 12.0. The summed E-state index contributed by atoms with van der Waals surface area (Å²) >= 11 is 0. The van der Waals surface area contributed by atoms with Crippen molar-refractivity contribution < 1.29 is 9.53 Å². The molecule has 1 aromatic heterocycles. The lowest BCUT2D eigenvalue weighted by Gasteiger charge is -2.10. The number of nitrogens with one attached hydrogen (secondary N) is 1. The number of rotatable bonds is 4. The largest absolute Gasteiger partial charge is 0.482 e. The Morgan fingerprint density at radius 3 is 2.77 bits per heavy atom. The minimum Gasteiger partial charge on any atom is -0.482 e. The van der Waals surface area contributed by atoms with E-state index in [4.69, 9.17) is 10.5 Å². The van der Waals surface area contributed by atoms with E-state index in [0.29, 0.717) is 17.1 Å². The minimum atomic E-state index is -0.263. The van der Waals surface area contributed by atoms with Gasteiger partial charge in [0, 0.05) is 11.6 Å². The first-order chi connectivity index (χ1) is 10.7. The van der Waals surface area contributed by atoms with Gasteiger partial charge >= 0.3 is 0 Å². The molecular weight excluding hydrogens is 278 g/mol. The average molecular weight is 293 g/mol. The number of hydrogen-bond acceptors (Lipinski definition) is 4. The van der Waals surface area contributed by atoms with E-state index in [1.165, 1.54) is 0 Å². The molecule has 0 aliphatic carbocycles. The van der Waals surface area contributed by atoms with Crippen molar-refractivity contribution in [1.82, 2.24) is 4.98 Å². The minimum absolute atomic E-state index is 0.114. The van der Waals surface area contributed by atoms with Crippen LogP contribution in [0.1, 0.15) is 0 Å². The second-order valence-electron chi connectivity index (χ2n) is 4.76. The second-order valence-corrected chi connectivity index (χ2v) is 4.76. The first-order valence-corrected chi connectivity index (χ1v) is 6.85. The molecule has 0 saturated carbocycles. The topological polar surface area (TPSA) is 77.2 Å². The average Bonchev–Trinajstić information content (AvgIpc) is 2.54. The molecule has 2 aromatic carbocycles. The molecule has 3 rings (SSSR count). The smallest absolute Gasteiger partial charge is 0.262 e. The maximum absolute atomic E-state index is 12.0. The van der Waals surface area contributed by atoms with E-state index in [-0.39, 0.29) is 12.5 Å². The van der Waals surface area contributed by atoms with E-state index in [0.717, 1.165) is 10.9 Å². The van der Waals surface area contributed by atoms with Crippen LogP contribution in [0.4, 0.5) is 11.4 Å². The number of benzene rings is 2. The SMILES string of the molecule is Nc1ccccc1OCC(=O)Nc1cccc2cccnc12. The lowest BCUT2D eigenvalue weighted by atomic mass is 10.2. The summed E-state index contributed by atoms with van der Waals surface area (Å²) in [7, 11) is 0. The Morgan fingerprint density at radius 2 is 1.91 bits per heavy atom. The number of pyridine rings is 1. The number of nitrogens with zero attached hydrogens (tertiary/aromatic N) is 1. The molecule has 1 amide bonds. The van der Waals surface area contributed by atoms with E-state index in [9.17, 15) is 4.79 Å². The predicted octanol–water partition coefficient (Wildman–Crippen LogP) is 2.83. The number of hydrogen-bond donors (Lipinski definition) is 2. The molecule has 1 heterocycles. The van der Waals surface area contributed by atoms with Crippen molar-refractivity contribution in [2.45, 2.75) is 0 Å². The van der Waals surface area contributed by atoms with Crippen LogP contribution in [-0.4, -0.2) is 17.5 Å². The van der Waals surface area contributed by atoms with Gasteiger partial charge in [-0.15, -0.1) is 0 Å². The molecule has 110 valence electrons. The number of ether oxygens (including phenoxy) is 1. The molecule has 0 fully saturated rings. The van der Waals surface area contributed by atoms with Gasteiger partial charge in [0.1, 0.15) is 5.75 Å². The molecule has 5 heteroatoms. The highest BCUT2D eigenvalue weighted by Gasteiger charge is 2.08. The van der Waals surface area contributed by atoms with Gasteiger partial charge in [0.2, 0.25) is 0 Å². The molecular formula is C17H15N3O2. The van der Waals surface area contributed by atoms with Crippen molar-refractivity contribution in [3.05, 3.63) is 60.8 Å². The molecule has 0 aliphatic rings. The van der Waals surface area contributed by atoms with Gasteiger partial charge in [-0.3, -0.25) is 9.78 Å². The van der Waals surface area contributed by atoms with E-state index in [2.05, 4.69) is 10.3 Å². The third kappa shape index (κ3) is 2.98.